The first-order chi connectivity index (χ1) is 7.54. The molecule has 0 amide bonds. The Balaban J connectivity index is 2.50. The number of hydrogen-bond donors (Lipinski definition) is 2. The lowest BCUT2D eigenvalue weighted by molar-refractivity contribution is 0.0660. The zero-order valence-corrected chi connectivity index (χ0v) is 9.99. The second-order valence-electron chi connectivity index (χ2n) is 4.21. The van der Waals surface area contributed by atoms with Gasteiger partial charge >= 0.3 is 5.97 Å². The minimum Gasteiger partial charge on any atom is -0.475 e. The van der Waals surface area contributed by atoms with Crippen LogP contribution in [-0.4, -0.2) is 17.1 Å². The summed E-state index contributed by atoms with van der Waals surface area (Å²) in [6, 6.07) is 3.61. The number of rotatable bonds is 6. The average Bonchev–Trinajstić information content (AvgIpc) is 2.67. The molecule has 4 heteroatoms. The van der Waals surface area contributed by atoms with Crippen molar-refractivity contribution < 1.29 is 14.3 Å². The molecule has 1 aromatic heterocycles. The molecule has 0 saturated carbocycles. The van der Waals surface area contributed by atoms with Gasteiger partial charge in [-0.05, 0) is 24.5 Å². The largest absolute Gasteiger partial charge is 0.475 e. The summed E-state index contributed by atoms with van der Waals surface area (Å²) in [5.74, 6) is 0.187. The topological polar surface area (TPSA) is 62.5 Å². The van der Waals surface area contributed by atoms with Crippen molar-refractivity contribution in [2.24, 2.45) is 5.92 Å². The van der Waals surface area contributed by atoms with Gasteiger partial charge in [-0.3, -0.25) is 0 Å². The highest BCUT2D eigenvalue weighted by atomic mass is 16.4. The maximum atomic E-state index is 10.6. The summed E-state index contributed by atoms with van der Waals surface area (Å²) >= 11 is 0. The first-order valence-corrected chi connectivity index (χ1v) is 5.60. The fourth-order valence-corrected chi connectivity index (χ4v) is 1.67. The molecule has 16 heavy (non-hydrogen) atoms. The predicted molar refractivity (Wildman–Crippen MR) is 61.4 cm³/mol. The van der Waals surface area contributed by atoms with Crippen LogP contribution in [0.2, 0.25) is 0 Å². The zero-order valence-electron chi connectivity index (χ0n) is 9.99. The van der Waals surface area contributed by atoms with Crippen LogP contribution >= 0.6 is 0 Å². The summed E-state index contributed by atoms with van der Waals surface area (Å²) in [4.78, 5) is 10.6. The summed E-state index contributed by atoms with van der Waals surface area (Å²) in [5.41, 5.74) is 0. The van der Waals surface area contributed by atoms with Crippen LogP contribution in [0.15, 0.2) is 16.5 Å². The Morgan fingerprint density at radius 2 is 2.19 bits per heavy atom. The first kappa shape index (κ1) is 12.8. The smallest absolute Gasteiger partial charge is 0.371 e. The Labute approximate surface area is 95.7 Å². The molecule has 0 spiro atoms. The van der Waals surface area contributed by atoms with Crippen LogP contribution in [-0.2, 0) is 6.54 Å². The number of carboxylic acids is 1. The van der Waals surface area contributed by atoms with Gasteiger partial charge in [0.25, 0.3) is 0 Å². The number of nitrogens with one attached hydrogen (secondary N) is 1. The molecular weight excluding hydrogens is 206 g/mol. The first-order valence-electron chi connectivity index (χ1n) is 5.60. The molecule has 90 valence electrons. The van der Waals surface area contributed by atoms with E-state index in [1.165, 1.54) is 6.07 Å². The van der Waals surface area contributed by atoms with Crippen molar-refractivity contribution in [3.63, 3.8) is 0 Å². The van der Waals surface area contributed by atoms with Crippen LogP contribution in [0.4, 0.5) is 0 Å². The van der Waals surface area contributed by atoms with E-state index in [1.807, 2.05) is 0 Å². The molecule has 1 unspecified atom stereocenters. The van der Waals surface area contributed by atoms with Gasteiger partial charge < -0.3 is 14.8 Å². The Morgan fingerprint density at radius 1 is 1.50 bits per heavy atom. The van der Waals surface area contributed by atoms with Gasteiger partial charge in [-0.25, -0.2) is 4.79 Å². The zero-order chi connectivity index (χ0) is 12.1. The average molecular weight is 225 g/mol. The van der Waals surface area contributed by atoms with Gasteiger partial charge in [-0.15, -0.1) is 0 Å². The van der Waals surface area contributed by atoms with E-state index in [1.54, 1.807) is 6.07 Å². The Bertz CT molecular complexity index is 344. The van der Waals surface area contributed by atoms with E-state index in [0.717, 1.165) is 6.42 Å². The van der Waals surface area contributed by atoms with E-state index in [2.05, 4.69) is 26.1 Å². The van der Waals surface area contributed by atoms with E-state index in [9.17, 15) is 4.79 Å². The molecule has 0 aromatic carbocycles. The highest BCUT2D eigenvalue weighted by Gasteiger charge is 2.12. The molecule has 0 bridgehead atoms. The van der Waals surface area contributed by atoms with Crippen LogP contribution in [0.5, 0.6) is 0 Å². The predicted octanol–water partition coefficient (Wildman–Crippen LogP) is 2.50. The number of carbonyl (C=O) groups is 1. The number of furan rings is 1. The van der Waals surface area contributed by atoms with E-state index in [4.69, 9.17) is 9.52 Å². The third kappa shape index (κ3) is 3.38. The van der Waals surface area contributed by atoms with Crippen LogP contribution < -0.4 is 5.32 Å². The highest BCUT2D eigenvalue weighted by Crippen LogP contribution is 2.10. The van der Waals surface area contributed by atoms with Gasteiger partial charge in [0.05, 0.1) is 6.54 Å². The van der Waals surface area contributed by atoms with Gasteiger partial charge in [0.15, 0.2) is 0 Å². The lowest BCUT2D eigenvalue weighted by Crippen LogP contribution is -2.32. The van der Waals surface area contributed by atoms with Crippen molar-refractivity contribution in [3.05, 3.63) is 23.7 Å². The monoisotopic (exact) mass is 225 g/mol. The summed E-state index contributed by atoms with van der Waals surface area (Å²) in [7, 11) is 0. The maximum absolute atomic E-state index is 10.6. The Kier molecular flexibility index (Phi) is 4.55. The molecule has 2 N–H and O–H groups in total. The van der Waals surface area contributed by atoms with E-state index in [-0.39, 0.29) is 5.76 Å². The molecule has 0 saturated heterocycles. The van der Waals surface area contributed by atoms with Crippen LogP contribution in [0, 0.1) is 5.92 Å². The summed E-state index contributed by atoms with van der Waals surface area (Å²) < 4.78 is 5.16. The second-order valence-corrected chi connectivity index (χ2v) is 4.21. The van der Waals surface area contributed by atoms with Gasteiger partial charge in [-0.2, -0.15) is 0 Å². The fraction of sp³-hybridized carbons (Fsp3) is 0.583. The molecule has 4 nitrogen and oxygen atoms in total. The van der Waals surface area contributed by atoms with Crippen LogP contribution in [0.3, 0.4) is 0 Å². The van der Waals surface area contributed by atoms with Gasteiger partial charge in [0.2, 0.25) is 5.76 Å². The van der Waals surface area contributed by atoms with Crippen molar-refractivity contribution in [3.8, 4) is 0 Å². The second kappa shape index (κ2) is 5.70. The lowest BCUT2D eigenvalue weighted by atomic mass is 10.0. The van der Waals surface area contributed by atoms with E-state index < -0.39 is 5.97 Å². The lowest BCUT2D eigenvalue weighted by Gasteiger charge is -2.19. The van der Waals surface area contributed by atoms with E-state index >= 15 is 0 Å². The van der Waals surface area contributed by atoms with Crippen molar-refractivity contribution in [2.45, 2.75) is 39.8 Å². The van der Waals surface area contributed by atoms with Crippen LogP contribution in [0.1, 0.15) is 43.5 Å². The Morgan fingerprint density at radius 3 is 2.62 bits per heavy atom. The molecule has 0 aliphatic heterocycles. The highest BCUT2D eigenvalue weighted by molar-refractivity contribution is 5.84. The molecule has 1 aromatic rings. The minimum absolute atomic E-state index is 0.00519. The van der Waals surface area contributed by atoms with Crippen molar-refractivity contribution in [1.82, 2.24) is 5.32 Å². The molecule has 0 radical (unpaired) electrons. The number of carboxylic acid groups (broad SMARTS) is 1. The van der Waals surface area contributed by atoms with Gasteiger partial charge in [0.1, 0.15) is 5.76 Å². The SMILES string of the molecule is CCC(NCc1ccc(C(=O)O)o1)C(C)C. The summed E-state index contributed by atoms with van der Waals surface area (Å²) in [6.07, 6.45) is 1.05. The fourth-order valence-electron chi connectivity index (χ4n) is 1.67. The summed E-state index contributed by atoms with van der Waals surface area (Å²) in [6.45, 7) is 7.02. The minimum atomic E-state index is -1.03. The quantitative estimate of drug-likeness (QED) is 0.780. The Hall–Kier alpha value is -1.29. The number of aromatic carboxylic acids is 1. The van der Waals surface area contributed by atoms with Crippen molar-refractivity contribution >= 4 is 5.97 Å². The molecule has 0 aliphatic carbocycles. The molecule has 0 aliphatic rings. The molecule has 0 fully saturated rings. The van der Waals surface area contributed by atoms with E-state index in [0.29, 0.717) is 24.3 Å². The normalized spacial score (nSPS) is 13.0. The van der Waals surface area contributed by atoms with Gasteiger partial charge in [0, 0.05) is 6.04 Å². The van der Waals surface area contributed by atoms with Crippen molar-refractivity contribution in [2.75, 3.05) is 0 Å². The molecule has 1 heterocycles. The third-order valence-corrected chi connectivity index (χ3v) is 2.66. The summed E-state index contributed by atoms with van der Waals surface area (Å²) in [5, 5.41) is 12.0. The standard InChI is InChI=1S/C12H19NO3/c1-4-10(8(2)3)13-7-9-5-6-11(16-9)12(14)15/h5-6,8,10,13H,4,7H2,1-3H3,(H,14,15). The maximum Gasteiger partial charge on any atom is 0.371 e. The molecule has 1 atom stereocenters. The van der Waals surface area contributed by atoms with Gasteiger partial charge in [-0.1, -0.05) is 20.8 Å². The molecular formula is C12H19NO3. The third-order valence-electron chi connectivity index (χ3n) is 2.66. The number of hydrogen-bond acceptors (Lipinski definition) is 3. The van der Waals surface area contributed by atoms with Crippen molar-refractivity contribution in [1.29, 1.82) is 0 Å². The van der Waals surface area contributed by atoms with Crippen LogP contribution in [0.25, 0.3) is 0 Å². The molecule has 1 rings (SSSR count).